The summed E-state index contributed by atoms with van der Waals surface area (Å²) in [6.45, 7) is 8.63. The van der Waals surface area contributed by atoms with Crippen molar-refractivity contribution in [3.05, 3.63) is 0 Å². The zero-order valence-corrected chi connectivity index (χ0v) is 20.7. The molecule has 5 heteroatoms. The van der Waals surface area contributed by atoms with E-state index >= 15 is 0 Å². The smallest absolute Gasteiger partial charge is 0.305 e. The third-order valence-electron chi connectivity index (χ3n) is 10.5. The minimum absolute atomic E-state index is 0.0439. The first-order chi connectivity index (χ1) is 15.1. The summed E-state index contributed by atoms with van der Waals surface area (Å²) in [7, 11) is 1.47. The topological polar surface area (TPSA) is 69.7 Å². The van der Waals surface area contributed by atoms with E-state index in [1.807, 2.05) is 0 Å². The largest absolute Gasteiger partial charge is 0.469 e. The summed E-state index contributed by atoms with van der Waals surface area (Å²) in [6, 6.07) is 0. The summed E-state index contributed by atoms with van der Waals surface area (Å²) in [5.41, 5.74) is 0.321. The molecule has 0 heterocycles. The third kappa shape index (κ3) is 3.92. The normalized spacial score (nSPS) is 44.1. The number of hydrogen-bond acceptors (Lipinski definition) is 5. The van der Waals surface area contributed by atoms with Crippen molar-refractivity contribution in [3.8, 4) is 0 Å². The molecule has 4 aliphatic carbocycles. The molecule has 0 amide bonds. The van der Waals surface area contributed by atoms with Crippen LogP contribution in [0.2, 0.25) is 0 Å². The average Bonchev–Trinajstić information content (AvgIpc) is 3.10. The minimum Gasteiger partial charge on any atom is -0.469 e. The Labute approximate surface area is 193 Å². The van der Waals surface area contributed by atoms with E-state index in [0.29, 0.717) is 54.6 Å². The molecule has 0 N–H and O–H groups in total. The second kappa shape index (κ2) is 8.76. The first kappa shape index (κ1) is 23.8. The van der Waals surface area contributed by atoms with E-state index in [2.05, 4.69) is 20.8 Å². The van der Waals surface area contributed by atoms with Crippen molar-refractivity contribution in [2.45, 2.75) is 98.0 Å². The summed E-state index contributed by atoms with van der Waals surface area (Å²) < 4.78 is 10.4. The van der Waals surface area contributed by atoms with Gasteiger partial charge in [0, 0.05) is 25.7 Å². The van der Waals surface area contributed by atoms with Gasteiger partial charge in [-0.15, -0.1) is 0 Å². The summed E-state index contributed by atoms with van der Waals surface area (Å²) in [6.07, 6.45) is 9.48. The van der Waals surface area contributed by atoms with Crippen LogP contribution in [0.1, 0.15) is 91.9 Å². The predicted octanol–water partition coefficient (Wildman–Crippen LogP) is 5.35. The number of carbonyl (C=O) groups excluding carboxylic acids is 3. The summed E-state index contributed by atoms with van der Waals surface area (Å²) in [5.74, 6) is 2.95. The lowest BCUT2D eigenvalue weighted by molar-refractivity contribution is -0.169. The number of carbonyl (C=O) groups is 3. The molecule has 0 radical (unpaired) electrons. The molecule has 0 aromatic carbocycles. The molecule has 4 aliphatic rings. The van der Waals surface area contributed by atoms with Crippen molar-refractivity contribution in [1.29, 1.82) is 0 Å². The van der Waals surface area contributed by atoms with Crippen molar-refractivity contribution in [1.82, 2.24) is 0 Å². The monoisotopic (exact) mass is 446 g/mol. The van der Waals surface area contributed by atoms with Gasteiger partial charge in [0.2, 0.25) is 0 Å². The maximum Gasteiger partial charge on any atom is 0.305 e. The molecule has 0 aromatic heterocycles. The average molecular weight is 447 g/mol. The first-order valence-corrected chi connectivity index (χ1v) is 12.9. The Hall–Kier alpha value is -1.39. The number of hydrogen-bond donors (Lipinski definition) is 0. The van der Waals surface area contributed by atoms with Gasteiger partial charge in [-0.2, -0.15) is 0 Å². The highest BCUT2D eigenvalue weighted by molar-refractivity contribution is 5.83. The van der Waals surface area contributed by atoms with Gasteiger partial charge in [0.25, 0.3) is 0 Å². The molecule has 4 rings (SSSR count). The van der Waals surface area contributed by atoms with Gasteiger partial charge in [0.05, 0.1) is 7.11 Å². The molecular formula is C27H42O5. The molecule has 0 spiro atoms. The molecule has 9 atom stereocenters. The molecule has 0 saturated heterocycles. The highest BCUT2D eigenvalue weighted by Crippen LogP contribution is 2.67. The van der Waals surface area contributed by atoms with Gasteiger partial charge in [-0.1, -0.05) is 20.8 Å². The molecular weight excluding hydrogens is 404 g/mol. The van der Waals surface area contributed by atoms with E-state index in [1.165, 1.54) is 39.7 Å². The molecule has 0 aromatic rings. The van der Waals surface area contributed by atoms with Gasteiger partial charge in [-0.3, -0.25) is 14.4 Å². The van der Waals surface area contributed by atoms with Gasteiger partial charge in [0.1, 0.15) is 11.9 Å². The molecule has 180 valence electrons. The maximum absolute atomic E-state index is 13.4. The summed E-state index contributed by atoms with van der Waals surface area (Å²) >= 11 is 0. The van der Waals surface area contributed by atoms with Gasteiger partial charge in [-0.05, 0) is 91.8 Å². The number of ether oxygens (including phenoxy) is 2. The van der Waals surface area contributed by atoms with Gasteiger partial charge < -0.3 is 9.47 Å². The first-order valence-electron chi connectivity index (χ1n) is 12.9. The third-order valence-corrected chi connectivity index (χ3v) is 10.5. The lowest BCUT2D eigenvalue weighted by atomic mass is 9.44. The van der Waals surface area contributed by atoms with Crippen LogP contribution in [0.15, 0.2) is 0 Å². The Balaban J connectivity index is 1.50. The van der Waals surface area contributed by atoms with Crippen LogP contribution in [0.4, 0.5) is 0 Å². The van der Waals surface area contributed by atoms with Crippen LogP contribution < -0.4 is 0 Å². The number of rotatable bonds is 5. The number of methoxy groups -OCH3 is 1. The second-order valence-electron chi connectivity index (χ2n) is 11.9. The second-order valence-corrected chi connectivity index (χ2v) is 11.9. The quantitative estimate of drug-likeness (QED) is 0.533. The molecule has 5 nitrogen and oxygen atoms in total. The van der Waals surface area contributed by atoms with Gasteiger partial charge in [-0.25, -0.2) is 0 Å². The SMILES string of the molecule is COC(=O)CC[C@@H](C)C1CCC2C3CC(=O)C4C[C@@H](OC(C)=O)CCC4(C)C3CCC21C. The van der Waals surface area contributed by atoms with E-state index in [1.54, 1.807) is 0 Å². The van der Waals surface area contributed by atoms with Crippen molar-refractivity contribution in [2.24, 2.45) is 46.3 Å². The standard InChI is InChI=1S/C27H42O5/c1-16(6-9-25(30)31-5)20-7-8-21-19-15-24(29)23-14-18(32-17(2)28)10-12-27(23,4)22(19)11-13-26(20,21)3/h16,18-23H,6-15H2,1-5H3/t16-,18+,19?,20?,21?,22?,23?,26?,27?/m1/s1. The molecule has 7 unspecified atom stereocenters. The number of ketones is 1. The Kier molecular flexibility index (Phi) is 6.50. The molecule has 0 bridgehead atoms. The molecule has 32 heavy (non-hydrogen) atoms. The number of fused-ring (bicyclic) bond motifs is 5. The number of Topliss-reactive ketones (excluding diaryl/α,β-unsaturated/α-hetero) is 1. The van der Waals surface area contributed by atoms with Crippen LogP contribution in [0.3, 0.4) is 0 Å². The lowest BCUT2D eigenvalue weighted by Gasteiger charge is -2.60. The van der Waals surface area contributed by atoms with E-state index in [0.717, 1.165) is 19.3 Å². The van der Waals surface area contributed by atoms with Gasteiger partial charge >= 0.3 is 11.9 Å². The Morgan fingerprint density at radius 2 is 1.75 bits per heavy atom. The Bertz CT molecular complexity index is 761. The highest BCUT2D eigenvalue weighted by Gasteiger charge is 2.62. The highest BCUT2D eigenvalue weighted by atomic mass is 16.5. The van der Waals surface area contributed by atoms with E-state index < -0.39 is 0 Å². The van der Waals surface area contributed by atoms with Crippen molar-refractivity contribution in [3.63, 3.8) is 0 Å². The van der Waals surface area contributed by atoms with E-state index in [9.17, 15) is 14.4 Å². The fraction of sp³-hybridized carbons (Fsp3) is 0.889. The van der Waals surface area contributed by atoms with E-state index in [4.69, 9.17) is 9.47 Å². The fourth-order valence-electron chi connectivity index (χ4n) is 8.97. The van der Waals surface area contributed by atoms with E-state index in [-0.39, 0.29) is 34.8 Å². The van der Waals surface area contributed by atoms with Crippen LogP contribution in [0, 0.1) is 46.3 Å². The van der Waals surface area contributed by atoms with Crippen LogP contribution >= 0.6 is 0 Å². The van der Waals surface area contributed by atoms with Crippen molar-refractivity contribution in [2.75, 3.05) is 7.11 Å². The van der Waals surface area contributed by atoms with Crippen LogP contribution in [0.5, 0.6) is 0 Å². The Morgan fingerprint density at radius 3 is 2.44 bits per heavy atom. The Morgan fingerprint density at radius 1 is 1.06 bits per heavy atom. The van der Waals surface area contributed by atoms with Crippen molar-refractivity contribution < 1.29 is 23.9 Å². The zero-order chi connectivity index (χ0) is 23.3. The molecule has 4 fully saturated rings. The predicted molar refractivity (Wildman–Crippen MR) is 122 cm³/mol. The lowest BCUT2D eigenvalue weighted by Crippen LogP contribution is -2.57. The zero-order valence-electron chi connectivity index (χ0n) is 20.7. The molecule has 0 aliphatic heterocycles. The van der Waals surface area contributed by atoms with Crippen LogP contribution in [-0.4, -0.2) is 30.9 Å². The summed E-state index contributed by atoms with van der Waals surface area (Å²) in [4.78, 5) is 36.6. The van der Waals surface area contributed by atoms with Gasteiger partial charge in [0.15, 0.2) is 0 Å². The summed E-state index contributed by atoms with van der Waals surface area (Å²) in [5, 5.41) is 0. The fourth-order valence-corrected chi connectivity index (χ4v) is 8.97. The van der Waals surface area contributed by atoms with Crippen LogP contribution in [0.25, 0.3) is 0 Å². The molecule has 4 saturated carbocycles. The van der Waals surface area contributed by atoms with Crippen molar-refractivity contribution >= 4 is 17.7 Å². The maximum atomic E-state index is 13.4. The van der Waals surface area contributed by atoms with Crippen LogP contribution in [-0.2, 0) is 23.9 Å². The number of esters is 2. The minimum atomic E-state index is -0.230.